The molecule has 0 radical (unpaired) electrons. The van der Waals surface area contributed by atoms with Gasteiger partial charge in [0.25, 0.3) is 0 Å². The van der Waals surface area contributed by atoms with E-state index in [1.807, 2.05) is 13.8 Å². The molecule has 0 aliphatic carbocycles. The number of amides is 1. The lowest BCUT2D eigenvalue weighted by Crippen LogP contribution is -2.48. The lowest BCUT2D eigenvalue weighted by molar-refractivity contribution is -0.127. The Morgan fingerprint density at radius 3 is 2.50 bits per heavy atom. The van der Waals surface area contributed by atoms with Gasteiger partial charge in [0.15, 0.2) is 0 Å². The molecule has 1 amide bonds. The van der Waals surface area contributed by atoms with Crippen molar-refractivity contribution in [2.24, 2.45) is 0 Å². The number of piperidine rings is 1. The average molecular weight is 382 g/mol. The molecule has 1 N–H and O–H groups in total. The van der Waals surface area contributed by atoms with E-state index in [9.17, 15) is 13.2 Å². The fraction of sp³-hybridized carbons (Fsp3) is 0.611. The summed E-state index contributed by atoms with van der Waals surface area (Å²) < 4.78 is 39.0. The van der Waals surface area contributed by atoms with Gasteiger partial charge in [-0.1, -0.05) is 0 Å². The van der Waals surface area contributed by atoms with Gasteiger partial charge in [0.1, 0.15) is 10.6 Å². The first kappa shape index (κ1) is 19.1. The van der Waals surface area contributed by atoms with Gasteiger partial charge in [-0.2, -0.15) is 4.31 Å². The van der Waals surface area contributed by atoms with Crippen molar-refractivity contribution in [2.45, 2.75) is 43.6 Å². The fourth-order valence-electron chi connectivity index (χ4n) is 3.58. The van der Waals surface area contributed by atoms with Crippen LogP contribution in [0.1, 0.15) is 30.4 Å². The first-order valence-electron chi connectivity index (χ1n) is 8.83. The highest BCUT2D eigenvalue weighted by Crippen LogP contribution is 2.35. The second-order valence-electron chi connectivity index (χ2n) is 7.05. The van der Waals surface area contributed by atoms with Crippen LogP contribution in [0.25, 0.3) is 0 Å². The quantitative estimate of drug-likeness (QED) is 0.854. The third-order valence-electron chi connectivity index (χ3n) is 5.35. The molecular weight excluding hydrogens is 356 g/mol. The Bertz CT molecular complexity index is 798. The summed E-state index contributed by atoms with van der Waals surface area (Å²) in [6.07, 6.45) is 1.30. The summed E-state index contributed by atoms with van der Waals surface area (Å²) in [6, 6.07) is 3.43. The van der Waals surface area contributed by atoms with Crippen molar-refractivity contribution in [1.29, 1.82) is 0 Å². The van der Waals surface area contributed by atoms with E-state index in [1.54, 1.807) is 12.1 Å². The predicted molar refractivity (Wildman–Crippen MR) is 96.8 cm³/mol. The van der Waals surface area contributed by atoms with Crippen molar-refractivity contribution < 1.29 is 22.7 Å². The minimum Gasteiger partial charge on any atom is -0.495 e. The Hall–Kier alpha value is -1.64. The number of carbonyl (C=O) groups excluding carboxylic acids is 1. The molecule has 2 aliphatic heterocycles. The van der Waals surface area contributed by atoms with Crippen LogP contribution in [0, 0.1) is 13.8 Å². The van der Waals surface area contributed by atoms with Gasteiger partial charge < -0.3 is 14.8 Å². The molecule has 8 heteroatoms. The van der Waals surface area contributed by atoms with Gasteiger partial charge in [-0.25, -0.2) is 8.42 Å². The van der Waals surface area contributed by atoms with E-state index in [-0.39, 0.29) is 17.2 Å². The van der Waals surface area contributed by atoms with Gasteiger partial charge in [0.05, 0.1) is 25.7 Å². The minimum atomic E-state index is -3.67. The van der Waals surface area contributed by atoms with Crippen molar-refractivity contribution in [2.75, 3.05) is 33.4 Å². The zero-order chi connectivity index (χ0) is 18.9. The number of hydrogen-bond acceptors (Lipinski definition) is 5. The average Bonchev–Trinajstić information content (AvgIpc) is 2.78. The van der Waals surface area contributed by atoms with Crippen LogP contribution < -0.4 is 10.1 Å². The second kappa shape index (κ2) is 7.17. The molecule has 0 saturated carbocycles. The Balaban J connectivity index is 1.82. The molecule has 0 unspecified atom stereocenters. The van der Waals surface area contributed by atoms with Crippen LogP contribution in [0.5, 0.6) is 5.75 Å². The highest BCUT2D eigenvalue weighted by atomic mass is 32.2. The van der Waals surface area contributed by atoms with Crippen molar-refractivity contribution in [3.8, 4) is 5.75 Å². The molecule has 2 fully saturated rings. The summed E-state index contributed by atoms with van der Waals surface area (Å²) in [4.78, 5) is 12.1. The number of nitrogens with zero attached hydrogens (tertiary/aromatic N) is 1. The van der Waals surface area contributed by atoms with Gasteiger partial charge >= 0.3 is 0 Å². The number of hydrogen-bond donors (Lipinski definition) is 1. The Kier molecular flexibility index (Phi) is 5.28. The molecule has 2 aliphatic rings. The standard InChI is InChI=1S/C18H26N2O5S/c1-13-10-15(24-3)16(11-14(13)2)26(22,23)20-7-4-18(5-8-20)12-17(21)19-6-9-25-18/h10-11H,4-9,12H2,1-3H3,(H,19,21). The lowest BCUT2D eigenvalue weighted by Gasteiger charge is -2.39. The summed E-state index contributed by atoms with van der Waals surface area (Å²) in [5, 5.41) is 2.80. The number of benzene rings is 1. The summed E-state index contributed by atoms with van der Waals surface area (Å²) in [5.41, 5.74) is 1.33. The first-order valence-corrected chi connectivity index (χ1v) is 10.3. The largest absolute Gasteiger partial charge is 0.495 e. The van der Waals surface area contributed by atoms with Crippen molar-refractivity contribution >= 4 is 15.9 Å². The molecule has 2 saturated heterocycles. The number of carbonyl (C=O) groups is 1. The molecule has 3 rings (SSSR count). The summed E-state index contributed by atoms with van der Waals surface area (Å²) in [5.74, 6) is 0.327. The fourth-order valence-corrected chi connectivity index (χ4v) is 5.25. The molecule has 7 nitrogen and oxygen atoms in total. The summed E-state index contributed by atoms with van der Waals surface area (Å²) >= 11 is 0. The number of methoxy groups -OCH3 is 1. The van der Waals surface area contributed by atoms with E-state index in [2.05, 4.69) is 5.32 Å². The van der Waals surface area contributed by atoms with Crippen LogP contribution in [0.2, 0.25) is 0 Å². The topological polar surface area (TPSA) is 84.9 Å². The van der Waals surface area contributed by atoms with Crippen LogP contribution in [0.3, 0.4) is 0 Å². The Morgan fingerprint density at radius 1 is 1.19 bits per heavy atom. The van der Waals surface area contributed by atoms with Crippen molar-refractivity contribution in [3.05, 3.63) is 23.3 Å². The molecule has 144 valence electrons. The molecule has 0 aromatic heterocycles. The van der Waals surface area contributed by atoms with Gasteiger partial charge in [-0.15, -0.1) is 0 Å². The van der Waals surface area contributed by atoms with Crippen LogP contribution in [0.15, 0.2) is 17.0 Å². The van der Waals surface area contributed by atoms with Gasteiger partial charge in [-0.05, 0) is 49.9 Å². The van der Waals surface area contributed by atoms with Crippen LogP contribution in [-0.2, 0) is 19.6 Å². The Morgan fingerprint density at radius 2 is 1.85 bits per heavy atom. The number of rotatable bonds is 3. The number of ether oxygens (including phenoxy) is 2. The summed E-state index contributed by atoms with van der Waals surface area (Å²) in [6.45, 7) is 5.42. The Labute approximate surface area is 154 Å². The molecule has 1 aromatic rings. The SMILES string of the molecule is COc1cc(C)c(C)cc1S(=O)(=O)N1CCC2(CC1)CC(=O)NCCO2. The molecule has 0 bridgehead atoms. The van der Waals surface area contributed by atoms with Crippen LogP contribution >= 0.6 is 0 Å². The zero-order valence-corrected chi connectivity index (χ0v) is 16.3. The van der Waals surface area contributed by atoms with Gasteiger partial charge in [0, 0.05) is 19.6 Å². The van der Waals surface area contributed by atoms with Crippen LogP contribution in [0.4, 0.5) is 0 Å². The smallest absolute Gasteiger partial charge is 0.246 e. The van der Waals surface area contributed by atoms with Gasteiger partial charge in [-0.3, -0.25) is 4.79 Å². The van der Waals surface area contributed by atoms with Crippen LogP contribution in [-0.4, -0.2) is 57.6 Å². The molecule has 26 heavy (non-hydrogen) atoms. The van der Waals surface area contributed by atoms with Crippen molar-refractivity contribution in [3.63, 3.8) is 0 Å². The predicted octanol–water partition coefficient (Wildman–Crippen LogP) is 1.37. The zero-order valence-electron chi connectivity index (χ0n) is 15.5. The third kappa shape index (κ3) is 3.58. The maximum atomic E-state index is 13.2. The first-order chi connectivity index (χ1) is 12.3. The minimum absolute atomic E-state index is 0.0327. The maximum Gasteiger partial charge on any atom is 0.246 e. The monoisotopic (exact) mass is 382 g/mol. The van der Waals surface area contributed by atoms with E-state index in [0.29, 0.717) is 44.8 Å². The molecular formula is C18H26N2O5S. The third-order valence-corrected chi connectivity index (χ3v) is 7.27. The normalized spacial score (nSPS) is 21.3. The molecule has 1 spiro atoms. The molecule has 0 atom stereocenters. The highest BCUT2D eigenvalue weighted by molar-refractivity contribution is 7.89. The second-order valence-corrected chi connectivity index (χ2v) is 8.96. The van der Waals surface area contributed by atoms with Crippen molar-refractivity contribution in [1.82, 2.24) is 9.62 Å². The highest BCUT2D eigenvalue weighted by Gasteiger charge is 2.42. The number of nitrogens with one attached hydrogen (secondary N) is 1. The van der Waals surface area contributed by atoms with E-state index >= 15 is 0 Å². The summed E-state index contributed by atoms with van der Waals surface area (Å²) in [7, 11) is -2.19. The maximum absolute atomic E-state index is 13.2. The van der Waals surface area contributed by atoms with E-state index < -0.39 is 15.6 Å². The van der Waals surface area contributed by atoms with E-state index in [1.165, 1.54) is 11.4 Å². The lowest BCUT2D eigenvalue weighted by atomic mass is 9.88. The van der Waals surface area contributed by atoms with Gasteiger partial charge in [0.2, 0.25) is 15.9 Å². The number of sulfonamides is 1. The number of aryl methyl sites for hydroxylation is 2. The molecule has 1 aromatic carbocycles. The van der Waals surface area contributed by atoms with E-state index in [0.717, 1.165) is 11.1 Å². The van der Waals surface area contributed by atoms with E-state index in [4.69, 9.17) is 9.47 Å². The molecule has 2 heterocycles.